The normalized spacial score (nSPS) is 11.9. The molecular formula is C62H59Cl2FeN3O. The van der Waals surface area contributed by atoms with Gasteiger partial charge in [-0.25, -0.2) is 9.97 Å². The third-order valence-corrected chi connectivity index (χ3v) is 13.1. The van der Waals surface area contributed by atoms with E-state index in [1.807, 2.05) is 0 Å². The summed E-state index contributed by atoms with van der Waals surface area (Å²) in [5.41, 5.74) is 17.4. The molecule has 0 atom stereocenters. The summed E-state index contributed by atoms with van der Waals surface area (Å²) in [5.74, 6) is 1.61. The molecule has 4 nitrogen and oxygen atoms in total. The number of rotatable bonds is 13. The first-order valence-corrected chi connectivity index (χ1v) is 26.8. The molecule has 9 aromatic rings. The minimum atomic E-state index is -0.141. The Labute approximate surface area is 423 Å². The van der Waals surface area contributed by atoms with E-state index in [1.165, 1.54) is 44.5 Å². The van der Waals surface area contributed by atoms with Crippen molar-refractivity contribution in [3.05, 3.63) is 238 Å². The van der Waals surface area contributed by atoms with Gasteiger partial charge in [0.25, 0.3) is 0 Å². The van der Waals surface area contributed by atoms with Crippen molar-refractivity contribution >= 4 is 53.4 Å². The van der Waals surface area contributed by atoms with Crippen molar-refractivity contribution in [2.24, 2.45) is 4.99 Å². The number of hydrogen-bond acceptors (Lipinski definition) is 4. The fourth-order valence-electron chi connectivity index (χ4n) is 9.61. The molecule has 350 valence electrons. The molecule has 0 N–H and O–H groups in total. The zero-order chi connectivity index (χ0) is 48.6. The summed E-state index contributed by atoms with van der Waals surface area (Å²) in [7, 11) is 11.3. The van der Waals surface area contributed by atoms with Crippen LogP contribution in [0.3, 0.4) is 0 Å². The average Bonchev–Trinajstić information content (AvgIpc) is 3.37. The zero-order valence-electron chi connectivity index (χ0n) is 40.6. The Bertz CT molecular complexity index is 2980. The SMILES string of the molecule is COc1cc(C(c2ccccc2)c2ccccc2)c(N=C(C)c2ccc3ccc4ccc(-c5c(C(C)C)cc(C(C)C)cc5C(C)C)nc4c3n2)c(C(c2ccccc2)c2ccccc2)c1.[Cl][Fe][Cl]. The molecular weight excluding hydrogens is 929 g/mol. The molecule has 0 saturated heterocycles. The van der Waals surface area contributed by atoms with Crippen LogP contribution in [0.1, 0.15) is 134 Å². The van der Waals surface area contributed by atoms with Crippen LogP contribution in [0.25, 0.3) is 33.1 Å². The molecule has 0 fully saturated rings. The van der Waals surface area contributed by atoms with E-state index in [4.69, 9.17) is 39.9 Å². The van der Waals surface area contributed by atoms with Crippen molar-refractivity contribution in [3.63, 3.8) is 0 Å². The molecule has 0 radical (unpaired) electrons. The Kier molecular flexibility index (Phi) is 16.1. The van der Waals surface area contributed by atoms with E-state index in [9.17, 15) is 0 Å². The van der Waals surface area contributed by atoms with E-state index < -0.39 is 0 Å². The first-order valence-electron chi connectivity index (χ1n) is 23.7. The second-order valence-electron chi connectivity index (χ2n) is 18.6. The topological polar surface area (TPSA) is 47.4 Å². The van der Waals surface area contributed by atoms with Crippen molar-refractivity contribution < 1.29 is 17.9 Å². The molecule has 0 aliphatic heterocycles. The van der Waals surface area contributed by atoms with Crippen LogP contribution in [0, 0.1) is 0 Å². The number of pyridine rings is 2. The van der Waals surface area contributed by atoms with E-state index in [0.717, 1.165) is 61.5 Å². The standard InChI is InChI=1S/C62H59N3O.2ClH.Fe/c1-39(2)49-35-51(40(3)4)59(52(36-49)41(5)6)56-34-32-48-30-29-47-31-33-55(64-60(47)61(48)65-56)42(7)63-62-53(57(43-21-13-9-14-22-43)44-23-15-10-16-24-44)37-50(66-8)38-54(62)58(45-25-17-11-18-26-45)46-27-19-12-20-28-46;;;/h9-41,57-58H,1-8H3;2*1H;/q;;;+2/p-2. The van der Waals surface area contributed by atoms with Gasteiger partial charge in [0.2, 0.25) is 0 Å². The van der Waals surface area contributed by atoms with Gasteiger partial charge in [-0.05, 0) is 99.0 Å². The fourth-order valence-corrected chi connectivity index (χ4v) is 9.61. The Morgan fingerprint density at radius 3 is 1.26 bits per heavy atom. The van der Waals surface area contributed by atoms with E-state index in [0.29, 0.717) is 17.8 Å². The maximum atomic E-state index is 6.20. The van der Waals surface area contributed by atoms with Crippen LogP contribution in [-0.4, -0.2) is 22.8 Å². The molecule has 7 heteroatoms. The third kappa shape index (κ3) is 10.9. The van der Waals surface area contributed by atoms with Crippen LogP contribution >= 0.6 is 20.2 Å². The molecule has 0 aliphatic carbocycles. The van der Waals surface area contributed by atoms with Gasteiger partial charge in [0.05, 0.1) is 40.9 Å². The zero-order valence-corrected chi connectivity index (χ0v) is 43.2. The Morgan fingerprint density at radius 1 is 0.478 bits per heavy atom. The van der Waals surface area contributed by atoms with Gasteiger partial charge in [-0.15, -0.1) is 0 Å². The molecule has 0 bridgehead atoms. The number of nitrogens with zero attached hydrogens (tertiary/aromatic N) is 3. The van der Waals surface area contributed by atoms with Crippen LogP contribution < -0.4 is 4.74 Å². The Balaban J connectivity index is 0.00000209. The summed E-state index contributed by atoms with van der Waals surface area (Å²) < 4.78 is 6.20. The van der Waals surface area contributed by atoms with Gasteiger partial charge in [0, 0.05) is 28.2 Å². The molecule has 2 aromatic heterocycles. The molecule has 7 aromatic carbocycles. The van der Waals surface area contributed by atoms with E-state index in [-0.39, 0.29) is 25.0 Å². The number of ether oxygens (including phenoxy) is 1. The van der Waals surface area contributed by atoms with E-state index in [2.05, 4.69) is 230 Å². The Hall–Kier alpha value is -6.07. The number of hydrogen-bond donors (Lipinski definition) is 0. The predicted octanol–water partition coefficient (Wildman–Crippen LogP) is 17.7. The number of aromatic nitrogens is 2. The monoisotopic (exact) mass is 987 g/mol. The van der Waals surface area contributed by atoms with Crippen molar-refractivity contribution in [1.29, 1.82) is 0 Å². The number of fused-ring (bicyclic) bond motifs is 3. The average molecular weight is 989 g/mol. The van der Waals surface area contributed by atoms with Gasteiger partial charge in [0.15, 0.2) is 0 Å². The van der Waals surface area contributed by atoms with Crippen LogP contribution in [-0.2, 0) is 13.1 Å². The second-order valence-corrected chi connectivity index (χ2v) is 20.4. The van der Waals surface area contributed by atoms with Crippen LogP contribution in [0.4, 0.5) is 5.69 Å². The molecule has 0 spiro atoms. The van der Waals surface area contributed by atoms with Crippen LogP contribution in [0.5, 0.6) is 5.75 Å². The van der Waals surface area contributed by atoms with Crippen molar-refractivity contribution in [3.8, 4) is 17.0 Å². The van der Waals surface area contributed by atoms with Crippen LogP contribution in [0.2, 0.25) is 0 Å². The number of methoxy groups -OCH3 is 1. The summed E-state index contributed by atoms with van der Waals surface area (Å²) in [6, 6.07) is 65.2. The summed E-state index contributed by atoms with van der Waals surface area (Å²) in [6.07, 6.45) is 0. The van der Waals surface area contributed by atoms with E-state index in [1.54, 1.807) is 7.11 Å². The fraction of sp³-hybridized carbons (Fsp3) is 0.210. The van der Waals surface area contributed by atoms with Gasteiger partial charge >= 0.3 is 33.3 Å². The quantitative estimate of drug-likeness (QED) is 0.0500. The summed E-state index contributed by atoms with van der Waals surface area (Å²) >= 11 is 0.194. The second kappa shape index (κ2) is 22.6. The number of aliphatic imine (C=N–C) groups is 1. The van der Waals surface area contributed by atoms with Crippen LogP contribution in [0.15, 0.2) is 187 Å². The van der Waals surface area contributed by atoms with Gasteiger partial charge in [-0.1, -0.05) is 199 Å². The number of halogens is 2. The molecule has 0 unspecified atom stereocenters. The van der Waals surface area contributed by atoms with Gasteiger partial charge in [-0.2, -0.15) is 0 Å². The van der Waals surface area contributed by atoms with E-state index >= 15 is 0 Å². The Morgan fingerprint density at radius 2 is 0.870 bits per heavy atom. The van der Waals surface area contributed by atoms with Gasteiger partial charge in [-0.3, -0.25) is 4.99 Å². The molecule has 0 aliphatic rings. The predicted molar refractivity (Wildman–Crippen MR) is 289 cm³/mol. The molecule has 9 rings (SSSR count). The van der Waals surface area contributed by atoms with Crippen molar-refractivity contribution in [2.75, 3.05) is 7.11 Å². The maximum absolute atomic E-state index is 6.20. The summed E-state index contributed by atoms with van der Waals surface area (Å²) in [6.45, 7) is 15.8. The van der Waals surface area contributed by atoms with Gasteiger partial charge in [0.1, 0.15) is 5.75 Å². The molecule has 0 amide bonds. The molecule has 2 heterocycles. The van der Waals surface area contributed by atoms with Crippen molar-refractivity contribution in [2.45, 2.75) is 78.1 Å². The number of benzene rings is 7. The molecule has 0 saturated carbocycles. The minimum absolute atomic E-state index is 0.141. The third-order valence-electron chi connectivity index (χ3n) is 13.1. The van der Waals surface area contributed by atoms with Gasteiger partial charge < -0.3 is 4.74 Å². The molecule has 69 heavy (non-hydrogen) atoms. The summed E-state index contributed by atoms with van der Waals surface area (Å²) in [5, 5.41) is 2.10. The first-order chi connectivity index (χ1) is 33.5. The first kappa shape index (κ1) is 49.4. The summed E-state index contributed by atoms with van der Waals surface area (Å²) in [4.78, 5) is 16.8. The van der Waals surface area contributed by atoms with Crippen molar-refractivity contribution in [1.82, 2.24) is 9.97 Å².